The lowest BCUT2D eigenvalue weighted by Gasteiger charge is -2.35. The molecule has 3 N–H and O–H groups in total. The van der Waals surface area contributed by atoms with Crippen molar-refractivity contribution in [2.45, 2.75) is 213 Å². The molecule has 0 atom stereocenters. The molecule has 2 aliphatic carbocycles. The van der Waals surface area contributed by atoms with E-state index in [1.807, 2.05) is 31.2 Å². The van der Waals surface area contributed by atoms with Gasteiger partial charge in [-0.3, -0.25) is 19.6 Å². The van der Waals surface area contributed by atoms with Crippen LogP contribution in [0.25, 0.3) is 22.5 Å². The molecule has 78 heavy (non-hydrogen) atoms. The number of hydrogen-bond donors (Lipinski definition) is 3. The summed E-state index contributed by atoms with van der Waals surface area (Å²) in [7, 11) is 0. The van der Waals surface area contributed by atoms with Crippen molar-refractivity contribution in [2.24, 2.45) is 0 Å². The summed E-state index contributed by atoms with van der Waals surface area (Å²) >= 11 is 0. The molecule has 416 valence electrons. The highest BCUT2D eigenvalue weighted by molar-refractivity contribution is 5.73. The number of carboxylic acids is 1. The lowest BCUT2D eigenvalue weighted by Crippen LogP contribution is -2.31. The third kappa shape index (κ3) is 14.3. The highest BCUT2D eigenvalue weighted by atomic mass is 16.5. The summed E-state index contributed by atoms with van der Waals surface area (Å²) in [5.41, 5.74) is 17.5. The summed E-state index contributed by atoms with van der Waals surface area (Å²) in [5.74, 6) is -1.07. The van der Waals surface area contributed by atoms with Crippen molar-refractivity contribution in [3.63, 3.8) is 0 Å². The molecule has 0 spiro atoms. The predicted octanol–water partition coefficient (Wildman–Crippen LogP) is 15.9. The molecule has 0 bridgehead atoms. The number of carbonyl (C=O) groups is 2. The first kappa shape index (κ1) is 59.7. The highest BCUT2D eigenvalue weighted by Gasteiger charge is 2.35. The van der Waals surface area contributed by atoms with Crippen LogP contribution in [-0.2, 0) is 50.8 Å². The largest absolute Gasteiger partial charge is 0.481 e. The van der Waals surface area contributed by atoms with Gasteiger partial charge in [0, 0.05) is 34.4 Å². The predicted molar refractivity (Wildman–Crippen MR) is 318 cm³/mol. The zero-order valence-electron chi connectivity index (χ0n) is 48.7. The SMILES string of the molecule is CCC(CC)(c1ccc(CCC2(O)CCCCC2)c(C)c1)c1ccc(-c2ccc(CC(=O)O)cn2)c(C)c1.CCOC(=O)Cc1ccc(-c2ccc(C(CC)(CC)c3ccc(CCC4(O)CCCCC4)c(C)c3)cc2C)nc1. The van der Waals surface area contributed by atoms with Crippen LogP contribution >= 0.6 is 0 Å². The molecule has 0 aliphatic heterocycles. The summed E-state index contributed by atoms with van der Waals surface area (Å²) in [4.78, 5) is 32.0. The first-order valence-electron chi connectivity index (χ1n) is 29.6. The van der Waals surface area contributed by atoms with Crippen LogP contribution in [0.5, 0.6) is 0 Å². The van der Waals surface area contributed by atoms with Crippen LogP contribution in [0.3, 0.4) is 0 Å². The number of ether oxygens (including phenoxy) is 1. The Labute approximate surface area is 467 Å². The fourth-order valence-corrected chi connectivity index (χ4v) is 13.1. The van der Waals surface area contributed by atoms with E-state index >= 15 is 0 Å². The van der Waals surface area contributed by atoms with E-state index in [0.717, 1.165) is 131 Å². The molecule has 8 heteroatoms. The van der Waals surface area contributed by atoms with Crippen LogP contribution in [0.4, 0.5) is 0 Å². The molecule has 2 fully saturated rings. The first-order chi connectivity index (χ1) is 37.4. The van der Waals surface area contributed by atoms with Crippen molar-refractivity contribution in [3.8, 4) is 22.5 Å². The Morgan fingerprint density at radius 3 is 1.19 bits per heavy atom. The van der Waals surface area contributed by atoms with Gasteiger partial charge >= 0.3 is 11.9 Å². The molecule has 8 nitrogen and oxygen atoms in total. The second-order valence-electron chi connectivity index (χ2n) is 23.1. The molecule has 6 aromatic rings. The number of pyridine rings is 2. The standard InChI is InChI=1S/C36H47NO3.C34H43NO3/c1-6-36(7-2,30-14-13-29(26(4)22-30)18-21-35(39)19-10-9-11-20-35)31-15-16-32(27(5)23-31)33-17-12-28(25-37-33)24-34(38)40-8-3;1-5-34(6-2,28-12-11-27(24(3)20-28)16-19-33(38)17-8-7-9-18-33)29-13-14-30(25(4)21-29)31-15-10-26(23-35-31)22-32(36)37/h12-17,22-23,25,39H,6-11,18-21,24H2,1-5H3;10-15,20-21,23,38H,5-9,16-19,22H2,1-4H3,(H,36,37). The van der Waals surface area contributed by atoms with Crippen molar-refractivity contribution >= 4 is 11.9 Å². The van der Waals surface area contributed by atoms with E-state index in [2.05, 4.69) is 138 Å². The maximum absolute atomic E-state index is 11.8. The molecule has 4 aromatic carbocycles. The molecular weight excluding hydrogens is 965 g/mol. The zero-order chi connectivity index (χ0) is 56.1. The van der Waals surface area contributed by atoms with Gasteiger partial charge < -0.3 is 20.1 Å². The number of aryl methyl sites for hydroxylation is 6. The molecule has 0 radical (unpaired) electrons. The van der Waals surface area contributed by atoms with E-state index in [0.29, 0.717) is 12.2 Å². The molecular formula is C70H90N2O6. The summed E-state index contributed by atoms with van der Waals surface area (Å²) in [6.45, 7) is 20.1. The second kappa shape index (κ2) is 26.8. The number of aliphatic hydroxyl groups is 2. The third-order valence-corrected chi connectivity index (χ3v) is 18.3. The van der Waals surface area contributed by atoms with Crippen molar-refractivity contribution in [1.29, 1.82) is 0 Å². The van der Waals surface area contributed by atoms with Crippen molar-refractivity contribution in [3.05, 3.63) is 176 Å². The number of rotatable bonds is 21. The Bertz CT molecular complexity index is 2940. The first-order valence-corrected chi connectivity index (χ1v) is 29.6. The van der Waals surface area contributed by atoms with Gasteiger partial charge in [0.1, 0.15) is 0 Å². The van der Waals surface area contributed by atoms with E-state index in [4.69, 9.17) is 9.84 Å². The minimum Gasteiger partial charge on any atom is -0.481 e. The van der Waals surface area contributed by atoms with Gasteiger partial charge in [0.05, 0.1) is 42.0 Å². The molecule has 0 saturated heterocycles. The number of esters is 1. The molecule has 2 aromatic heterocycles. The topological polar surface area (TPSA) is 130 Å². The number of carboxylic acid groups (broad SMARTS) is 1. The van der Waals surface area contributed by atoms with Gasteiger partial charge in [-0.2, -0.15) is 0 Å². The minimum absolute atomic E-state index is 0.0141. The quantitative estimate of drug-likeness (QED) is 0.0608. The normalized spacial score (nSPS) is 15.3. The highest BCUT2D eigenvalue weighted by Crippen LogP contribution is 2.44. The van der Waals surface area contributed by atoms with Crippen LogP contribution < -0.4 is 0 Å². The lowest BCUT2D eigenvalue weighted by molar-refractivity contribution is -0.142. The Hall–Kier alpha value is -5.96. The summed E-state index contributed by atoms with van der Waals surface area (Å²) in [6, 6.07) is 35.2. The third-order valence-electron chi connectivity index (χ3n) is 18.3. The number of hydrogen-bond acceptors (Lipinski definition) is 7. The zero-order valence-corrected chi connectivity index (χ0v) is 48.7. The molecule has 0 amide bonds. The average Bonchev–Trinajstić information content (AvgIpc) is 3.49. The van der Waals surface area contributed by atoms with E-state index in [1.165, 1.54) is 68.5 Å². The monoisotopic (exact) mass is 1050 g/mol. The van der Waals surface area contributed by atoms with Crippen LogP contribution in [0.15, 0.2) is 109 Å². The second-order valence-corrected chi connectivity index (χ2v) is 23.1. The van der Waals surface area contributed by atoms with Crippen molar-refractivity contribution in [1.82, 2.24) is 9.97 Å². The lowest BCUT2D eigenvalue weighted by atomic mass is 9.69. The van der Waals surface area contributed by atoms with E-state index in [1.54, 1.807) is 12.4 Å². The van der Waals surface area contributed by atoms with Gasteiger partial charge in [-0.05, 0) is 191 Å². The molecule has 2 heterocycles. The van der Waals surface area contributed by atoms with Gasteiger partial charge in [-0.1, -0.05) is 151 Å². The Balaban J connectivity index is 0.000000226. The van der Waals surface area contributed by atoms with Gasteiger partial charge in [-0.25, -0.2) is 0 Å². The average molecular weight is 1060 g/mol. The van der Waals surface area contributed by atoms with Crippen LogP contribution in [0.2, 0.25) is 0 Å². The number of aliphatic carboxylic acids is 1. The molecule has 0 unspecified atom stereocenters. The number of carbonyl (C=O) groups excluding carboxylic acids is 1. The van der Waals surface area contributed by atoms with E-state index in [9.17, 15) is 19.8 Å². The molecule has 2 saturated carbocycles. The summed E-state index contributed by atoms with van der Waals surface area (Å²) in [6.07, 6.45) is 22.2. The van der Waals surface area contributed by atoms with Gasteiger partial charge in [0.25, 0.3) is 0 Å². The molecule has 2 aliphatic rings. The fraction of sp³-hybridized carbons (Fsp3) is 0.486. The smallest absolute Gasteiger partial charge is 0.310 e. The number of benzene rings is 4. The Morgan fingerprint density at radius 1 is 0.500 bits per heavy atom. The van der Waals surface area contributed by atoms with Gasteiger partial charge in [0.15, 0.2) is 0 Å². The minimum atomic E-state index is -0.847. The Kier molecular flexibility index (Phi) is 20.5. The van der Waals surface area contributed by atoms with Gasteiger partial charge in [0.2, 0.25) is 0 Å². The summed E-state index contributed by atoms with van der Waals surface area (Å²) in [5, 5.41) is 31.0. The van der Waals surface area contributed by atoms with Crippen molar-refractivity contribution in [2.75, 3.05) is 6.61 Å². The maximum atomic E-state index is 11.8. The number of aromatic nitrogens is 2. The van der Waals surface area contributed by atoms with Crippen molar-refractivity contribution < 1.29 is 29.6 Å². The van der Waals surface area contributed by atoms with Crippen LogP contribution in [0.1, 0.15) is 204 Å². The van der Waals surface area contributed by atoms with Crippen LogP contribution in [0, 0.1) is 27.7 Å². The molecule has 8 rings (SSSR count). The van der Waals surface area contributed by atoms with E-state index in [-0.39, 0.29) is 29.6 Å². The van der Waals surface area contributed by atoms with E-state index < -0.39 is 17.2 Å². The Morgan fingerprint density at radius 2 is 0.872 bits per heavy atom. The maximum Gasteiger partial charge on any atom is 0.310 e. The summed E-state index contributed by atoms with van der Waals surface area (Å²) < 4.78 is 5.06. The van der Waals surface area contributed by atoms with Crippen LogP contribution in [-0.4, -0.2) is 55.0 Å². The van der Waals surface area contributed by atoms with Gasteiger partial charge in [-0.15, -0.1) is 0 Å². The fourth-order valence-electron chi connectivity index (χ4n) is 13.1. The number of nitrogens with zero attached hydrogens (tertiary/aromatic N) is 2.